The fraction of sp³-hybridized carbons (Fsp3) is 0.286. The third-order valence-corrected chi connectivity index (χ3v) is 4.85. The lowest BCUT2D eigenvalue weighted by molar-refractivity contribution is -0.119. The summed E-state index contributed by atoms with van der Waals surface area (Å²) in [7, 11) is 1.79. The van der Waals surface area contributed by atoms with Gasteiger partial charge in [-0.15, -0.1) is 0 Å². The minimum absolute atomic E-state index is 0.0341. The topological polar surface area (TPSA) is 74.2 Å². The molecule has 0 atom stereocenters. The number of aliphatic imine (C=N–C) groups is 1. The zero-order valence-electron chi connectivity index (χ0n) is 15.7. The second-order valence-electron chi connectivity index (χ2n) is 6.87. The third kappa shape index (κ3) is 3.83. The fourth-order valence-corrected chi connectivity index (χ4v) is 3.30. The number of carbonyl (C=O) groups is 2. The molecule has 2 aromatic rings. The van der Waals surface area contributed by atoms with Gasteiger partial charge in [0.1, 0.15) is 12.3 Å². The summed E-state index contributed by atoms with van der Waals surface area (Å²) in [5.41, 5.74) is 2.76. The van der Waals surface area contributed by atoms with Crippen LogP contribution in [0.2, 0.25) is 0 Å². The maximum Gasteiger partial charge on any atom is 0.246 e. The SMILES string of the molecule is CN(C(=O)CCCOc1ccc2c(c1)CN1CC(=O)NC1=N2)c1ccccc1. The summed E-state index contributed by atoms with van der Waals surface area (Å²) < 4.78 is 5.82. The lowest BCUT2D eigenvalue weighted by Crippen LogP contribution is -2.32. The molecule has 2 aliphatic heterocycles. The van der Waals surface area contributed by atoms with E-state index in [4.69, 9.17) is 4.74 Å². The average Bonchev–Trinajstić information content (AvgIpc) is 3.08. The zero-order valence-corrected chi connectivity index (χ0v) is 15.7. The van der Waals surface area contributed by atoms with Crippen LogP contribution in [0.3, 0.4) is 0 Å². The number of ether oxygens (including phenoxy) is 1. The second kappa shape index (κ2) is 7.72. The van der Waals surface area contributed by atoms with Crippen LogP contribution in [0.25, 0.3) is 0 Å². The van der Waals surface area contributed by atoms with Gasteiger partial charge in [0.25, 0.3) is 0 Å². The normalized spacial score (nSPS) is 14.7. The number of nitrogens with zero attached hydrogens (tertiary/aromatic N) is 3. The number of guanidine groups is 1. The van der Waals surface area contributed by atoms with Crippen molar-refractivity contribution in [1.82, 2.24) is 10.2 Å². The monoisotopic (exact) mass is 378 g/mol. The maximum absolute atomic E-state index is 12.3. The smallest absolute Gasteiger partial charge is 0.246 e. The molecular formula is C21H22N4O3. The van der Waals surface area contributed by atoms with Gasteiger partial charge in [-0.1, -0.05) is 18.2 Å². The van der Waals surface area contributed by atoms with Crippen LogP contribution in [0.5, 0.6) is 5.75 Å². The molecule has 28 heavy (non-hydrogen) atoms. The number of para-hydroxylation sites is 1. The van der Waals surface area contributed by atoms with Crippen molar-refractivity contribution in [2.75, 3.05) is 25.1 Å². The molecule has 1 fully saturated rings. The maximum atomic E-state index is 12.3. The molecule has 0 aromatic heterocycles. The Kier molecular flexibility index (Phi) is 4.97. The van der Waals surface area contributed by atoms with Crippen molar-refractivity contribution in [3.8, 4) is 5.75 Å². The van der Waals surface area contributed by atoms with E-state index in [0.29, 0.717) is 38.5 Å². The number of carbonyl (C=O) groups excluding carboxylic acids is 2. The van der Waals surface area contributed by atoms with Crippen molar-refractivity contribution in [3.05, 3.63) is 54.1 Å². The quantitative estimate of drug-likeness (QED) is 0.784. The Morgan fingerprint density at radius 3 is 2.86 bits per heavy atom. The summed E-state index contributed by atoms with van der Waals surface area (Å²) >= 11 is 0. The highest BCUT2D eigenvalue weighted by molar-refractivity contribution is 6.05. The molecule has 1 N–H and O–H groups in total. The van der Waals surface area contributed by atoms with Crippen LogP contribution in [0.4, 0.5) is 11.4 Å². The molecule has 0 unspecified atom stereocenters. The van der Waals surface area contributed by atoms with Crippen molar-refractivity contribution in [2.45, 2.75) is 19.4 Å². The van der Waals surface area contributed by atoms with Gasteiger partial charge in [0.15, 0.2) is 0 Å². The summed E-state index contributed by atoms with van der Waals surface area (Å²) in [5.74, 6) is 1.40. The molecule has 1 saturated heterocycles. The van der Waals surface area contributed by atoms with Crippen molar-refractivity contribution >= 4 is 29.1 Å². The van der Waals surface area contributed by atoms with Crippen LogP contribution >= 0.6 is 0 Å². The highest BCUT2D eigenvalue weighted by atomic mass is 16.5. The summed E-state index contributed by atoms with van der Waals surface area (Å²) in [4.78, 5) is 31.8. The lowest BCUT2D eigenvalue weighted by atomic mass is 10.1. The molecule has 0 bridgehead atoms. The standard InChI is InChI=1S/C21H22N4O3/c1-24(16-6-3-2-4-7-16)20(27)8-5-11-28-17-9-10-18-15(12-17)13-25-14-19(26)23-21(25)22-18/h2-4,6-7,9-10,12H,5,8,11,13-14H2,1H3,(H,22,23,26). The number of anilines is 1. The Morgan fingerprint density at radius 2 is 2.04 bits per heavy atom. The highest BCUT2D eigenvalue weighted by Crippen LogP contribution is 2.30. The van der Waals surface area contributed by atoms with E-state index in [9.17, 15) is 9.59 Å². The van der Waals surface area contributed by atoms with E-state index in [1.807, 2.05) is 53.4 Å². The Balaban J connectivity index is 1.28. The molecule has 2 aliphatic rings. The molecule has 144 valence electrons. The van der Waals surface area contributed by atoms with Gasteiger partial charge in [-0.05, 0) is 36.8 Å². The fourth-order valence-electron chi connectivity index (χ4n) is 3.30. The summed E-state index contributed by atoms with van der Waals surface area (Å²) in [5, 5.41) is 2.75. The van der Waals surface area contributed by atoms with Gasteiger partial charge in [-0.3, -0.25) is 14.9 Å². The number of fused-ring (bicyclic) bond motifs is 2. The molecule has 0 radical (unpaired) electrons. The predicted molar refractivity (Wildman–Crippen MR) is 107 cm³/mol. The second-order valence-corrected chi connectivity index (χ2v) is 6.87. The van der Waals surface area contributed by atoms with Crippen LogP contribution in [-0.4, -0.2) is 42.9 Å². The molecule has 2 aromatic carbocycles. The van der Waals surface area contributed by atoms with Crippen LogP contribution in [0, 0.1) is 0 Å². The van der Waals surface area contributed by atoms with E-state index in [0.717, 1.165) is 22.7 Å². The number of hydrogen-bond donors (Lipinski definition) is 1. The summed E-state index contributed by atoms with van der Waals surface area (Å²) in [6.07, 6.45) is 1.06. The predicted octanol–water partition coefficient (Wildman–Crippen LogP) is 2.44. The Bertz CT molecular complexity index is 927. The van der Waals surface area contributed by atoms with E-state index in [1.165, 1.54) is 0 Å². The van der Waals surface area contributed by atoms with Crippen LogP contribution in [0.15, 0.2) is 53.5 Å². The number of nitrogens with one attached hydrogen (secondary N) is 1. The summed E-state index contributed by atoms with van der Waals surface area (Å²) in [6, 6.07) is 15.3. The minimum atomic E-state index is -0.0341. The zero-order chi connectivity index (χ0) is 19.5. The molecule has 0 spiro atoms. The number of benzene rings is 2. The molecule has 2 amide bonds. The average molecular weight is 378 g/mol. The van der Waals surface area contributed by atoms with Crippen LogP contribution < -0.4 is 15.0 Å². The van der Waals surface area contributed by atoms with Crippen molar-refractivity contribution in [2.24, 2.45) is 4.99 Å². The van der Waals surface area contributed by atoms with Gasteiger partial charge >= 0.3 is 0 Å². The molecule has 4 rings (SSSR count). The Labute approximate surface area is 163 Å². The van der Waals surface area contributed by atoms with E-state index in [1.54, 1.807) is 11.9 Å². The largest absolute Gasteiger partial charge is 0.494 e. The van der Waals surface area contributed by atoms with Crippen molar-refractivity contribution < 1.29 is 14.3 Å². The molecule has 7 heteroatoms. The Morgan fingerprint density at radius 1 is 1.21 bits per heavy atom. The van der Waals surface area contributed by atoms with Gasteiger partial charge in [-0.2, -0.15) is 0 Å². The first-order chi connectivity index (χ1) is 13.6. The van der Waals surface area contributed by atoms with E-state index in [-0.39, 0.29) is 11.8 Å². The van der Waals surface area contributed by atoms with Gasteiger partial charge in [-0.25, -0.2) is 4.99 Å². The number of amides is 2. The van der Waals surface area contributed by atoms with Gasteiger partial charge in [0.05, 0.1) is 12.3 Å². The van der Waals surface area contributed by atoms with Crippen molar-refractivity contribution in [3.63, 3.8) is 0 Å². The summed E-state index contributed by atoms with van der Waals surface area (Å²) in [6.45, 7) is 1.43. The van der Waals surface area contributed by atoms with E-state index in [2.05, 4.69) is 10.3 Å². The van der Waals surface area contributed by atoms with Gasteiger partial charge in [0, 0.05) is 31.3 Å². The van der Waals surface area contributed by atoms with Gasteiger partial charge < -0.3 is 14.5 Å². The molecular weight excluding hydrogens is 356 g/mol. The first-order valence-electron chi connectivity index (χ1n) is 9.31. The molecule has 0 aliphatic carbocycles. The molecule has 2 heterocycles. The first kappa shape index (κ1) is 18.0. The van der Waals surface area contributed by atoms with Crippen LogP contribution in [0.1, 0.15) is 18.4 Å². The minimum Gasteiger partial charge on any atom is -0.494 e. The molecule has 7 nitrogen and oxygen atoms in total. The number of hydrogen-bond acceptors (Lipinski definition) is 5. The number of rotatable bonds is 6. The highest BCUT2D eigenvalue weighted by Gasteiger charge is 2.29. The van der Waals surface area contributed by atoms with E-state index < -0.39 is 0 Å². The molecule has 0 saturated carbocycles. The lowest BCUT2D eigenvalue weighted by Gasteiger charge is -2.23. The van der Waals surface area contributed by atoms with Crippen LogP contribution in [-0.2, 0) is 16.1 Å². The Hall–Kier alpha value is -3.35. The first-order valence-corrected chi connectivity index (χ1v) is 9.31. The van der Waals surface area contributed by atoms with Gasteiger partial charge in [0.2, 0.25) is 17.8 Å². The third-order valence-electron chi connectivity index (χ3n) is 4.85. The van der Waals surface area contributed by atoms with Crippen molar-refractivity contribution in [1.29, 1.82) is 0 Å². The van der Waals surface area contributed by atoms with E-state index >= 15 is 0 Å².